The van der Waals surface area contributed by atoms with E-state index in [1.807, 2.05) is 24.3 Å². The van der Waals surface area contributed by atoms with E-state index < -0.39 is 10.0 Å². The monoisotopic (exact) mass is 502 g/mol. The van der Waals surface area contributed by atoms with Crippen LogP contribution in [0.15, 0.2) is 30.5 Å². The zero-order valence-electron chi connectivity index (χ0n) is 20.4. The van der Waals surface area contributed by atoms with Crippen molar-refractivity contribution in [1.29, 1.82) is 0 Å². The van der Waals surface area contributed by atoms with Gasteiger partial charge in [0.2, 0.25) is 21.9 Å². The van der Waals surface area contributed by atoms with Crippen LogP contribution in [-0.4, -0.2) is 73.5 Å². The Morgan fingerprint density at radius 2 is 1.77 bits per heavy atom. The van der Waals surface area contributed by atoms with Crippen LogP contribution < -0.4 is 14.8 Å². The number of ether oxygens (including phenoxy) is 3. The van der Waals surface area contributed by atoms with Crippen molar-refractivity contribution in [1.82, 2.24) is 14.3 Å². The summed E-state index contributed by atoms with van der Waals surface area (Å²) in [5.41, 5.74) is 1.67. The lowest BCUT2D eigenvalue weighted by Gasteiger charge is -2.36. The van der Waals surface area contributed by atoms with Crippen molar-refractivity contribution in [2.45, 2.75) is 57.3 Å². The van der Waals surface area contributed by atoms with Crippen molar-refractivity contribution in [2.75, 3.05) is 37.9 Å². The van der Waals surface area contributed by atoms with Gasteiger partial charge in [-0.05, 0) is 49.3 Å². The Morgan fingerprint density at radius 3 is 2.43 bits per heavy atom. The minimum Gasteiger partial charge on any atom is -0.488 e. The fourth-order valence-electron chi connectivity index (χ4n) is 4.73. The first kappa shape index (κ1) is 24.3. The Balaban J connectivity index is 1.33. The zero-order chi connectivity index (χ0) is 24.4. The van der Waals surface area contributed by atoms with Crippen molar-refractivity contribution in [3.63, 3.8) is 0 Å². The van der Waals surface area contributed by atoms with E-state index in [9.17, 15) is 8.42 Å². The van der Waals surface area contributed by atoms with E-state index >= 15 is 0 Å². The predicted octanol–water partition coefficient (Wildman–Crippen LogP) is 3.32. The second-order valence-electron chi connectivity index (χ2n) is 9.96. The van der Waals surface area contributed by atoms with Gasteiger partial charge in [-0.25, -0.2) is 13.4 Å². The van der Waals surface area contributed by atoms with Crippen LogP contribution in [0.5, 0.6) is 11.6 Å². The van der Waals surface area contributed by atoms with Crippen molar-refractivity contribution in [3.8, 4) is 22.8 Å². The second-order valence-corrected chi connectivity index (χ2v) is 11.9. The molecule has 1 aromatic carbocycles. The van der Waals surface area contributed by atoms with Gasteiger partial charge in [-0.15, -0.1) is 0 Å². The SMILES string of the molecule is CS(=O)(=O)N1CC(Oc2nc(N[C@H]3CC[C@@H](C)CC3)ncc2-c2ccc(O[C@H]3CCOC3)cc2)C1. The standard InChI is InChI=1S/C25H34N4O5S/c1-17-3-7-19(8-4-17)27-25-26-13-23(24(28-25)34-22-14-29(15-22)35(2,30)31)18-5-9-20(10-6-18)33-21-11-12-32-16-21/h5-6,9-10,13,17,19,21-22H,3-4,7-8,11-12,14-16H2,1-2H3,(H,26,27,28)/t17-,19+,21-/m0/s1. The molecule has 1 saturated carbocycles. The molecule has 10 heteroatoms. The number of benzene rings is 1. The third-order valence-electron chi connectivity index (χ3n) is 7.02. The first-order valence-electron chi connectivity index (χ1n) is 12.4. The summed E-state index contributed by atoms with van der Waals surface area (Å²) in [6.07, 6.45) is 8.34. The number of rotatable bonds is 8. The molecule has 3 aliphatic rings. The van der Waals surface area contributed by atoms with Gasteiger partial charge in [-0.3, -0.25) is 0 Å². The molecule has 1 aromatic heterocycles. The number of nitrogens with one attached hydrogen (secondary N) is 1. The van der Waals surface area contributed by atoms with Gasteiger partial charge < -0.3 is 19.5 Å². The minimum atomic E-state index is -3.21. The normalized spacial score (nSPS) is 25.7. The van der Waals surface area contributed by atoms with E-state index in [0.29, 0.717) is 37.6 Å². The van der Waals surface area contributed by atoms with Gasteiger partial charge in [0.15, 0.2) is 0 Å². The molecule has 2 aliphatic heterocycles. The summed E-state index contributed by atoms with van der Waals surface area (Å²) in [4.78, 5) is 9.30. The minimum absolute atomic E-state index is 0.0904. The summed E-state index contributed by atoms with van der Waals surface area (Å²) in [5.74, 6) is 2.56. The highest BCUT2D eigenvalue weighted by Gasteiger charge is 2.35. The van der Waals surface area contributed by atoms with Gasteiger partial charge >= 0.3 is 0 Å². The number of hydrogen-bond acceptors (Lipinski definition) is 8. The second kappa shape index (κ2) is 10.3. The summed E-state index contributed by atoms with van der Waals surface area (Å²) in [6.45, 7) is 4.29. The van der Waals surface area contributed by atoms with Gasteiger partial charge in [0.05, 0.1) is 38.1 Å². The highest BCUT2D eigenvalue weighted by atomic mass is 32.2. The number of aromatic nitrogens is 2. The van der Waals surface area contributed by atoms with Gasteiger partial charge in [0.25, 0.3) is 0 Å². The van der Waals surface area contributed by atoms with Crippen LogP contribution in [0, 0.1) is 5.92 Å². The van der Waals surface area contributed by atoms with Crippen molar-refractivity contribution < 1.29 is 22.6 Å². The molecule has 0 radical (unpaired) electrons. The molecule has 1 N–H and O–H groups in total. The molecule has 2 aromatic rings. The van der Waals surface area contributed by atoms with E-state index in [-0.39, 0.29) is 12.2 Å². The third kappa shape index (κ3) is 6.05. The summed E-state index contributed by atoms with van der Waals surface area (Å²) < 4.78 is 42.5. The van der Waals surface area contributed by atoms with Crippen LogP contribution in [0.1, 0.15) is 39.0 Å². The van der Waals surface area contributed by atoms with Gasteiger partial charge in [-0.1, -0.05) is 19.1 Å². The first-order valence-corrected chi connectivity index (χ1v) is 14.3. The van der Waals surface area contributed by atoms with Gasteiger partial charge in [0.1, 0.15) is 18.0 Å². The average Bonchev–Trinajstić information content (AvgIpc) is 3.31. The smallest absolute Gasteiger partial charge is 0.226 e. The molecule has 5 rings (SSSR count). The van der Waals surface area contributed by atoms with E-state index in [4.69, 9.17) is 19.2 Å². The number of sulfonamides is 1. The Labute approximate surface area is 207 Å². The van der Waals surface area contributed by atoms with Crippen molar-refractivity contribution in [2.24, 2.45) is 5.92 Å². The summed E-state index contributed by atoms with van der Waals surface area (Å²) in [7, 11) is -3.21. The van der Waals surface area contributed by atoms with Crippen LogP contribution >= 0.6 is 0 Å². The quantitative estimate of drug-likeness (QED) is 0.586. The highest BCUT2D eigenvalue weighted by Crippen LogP contribution is 2.33. The Morgan fingerprint density at radius 1 is 1.03 bits per heavy atom. The topological polar surface area (TPSA) is 103 Å². The van der Waals surface area contributed by atoms with E-state index in [0.717, 1.165) is 48.7 Å². The molecule has 2 saturated heterocycles. The molecule has 3 fully saturated rings. The van der Waals surface area contributed by atoms with Crippen LogP contribution in [-0.2, 0) is 14.8 Å². The summed E-state index contributed by atoms with van der Waals surface area (Å²) >= 11 is 0. The molecule has 9 nitrogen and oxygen atoms in total. The third-order valence-corrected chi connectivity index (χ3v) is 8.26. The first-order chi connectivity index (χ1) is 16.8. The molecule has 0 unspecified atom stereocenters. The molecule has 0 amide bonds. The van der Waals surface area contributed by atoms with E-state index in [1.165, 1.54) is 23.4 Å². The Bertz CT molecular complexity index is 1110. The molecule has 3 heterocycles. The largest absolute Gasteiger partial charge is 0.488 e. The maximum Gasteiger partial charge on any atom is 0.226 e. The molecular formula is C25H34N4O5S. The molecule has 0 bridgehead atoms. The Kier molecular flexibility index (Phi) is 7.13. The summed E-state index contributed by atoms with van der Waals surface area (Å²) in [6, 6.07) is 8.15. The molecule has 190 valence electrons. The van der Waals surface area contributed by atoms with Crippen molar-refractivity contribution >= 4 is 16.0 Å². The fraction of sp³-hybridized carbons (Fsp3) is 0.600. The fourth-order valence-corrected chi connectivity index (χ4v) is 5.60. The number of anilines is 1. The molecule has 0 spiro atoms. The summed E-state index contributed by atoms with van der Waals surface area (Å²) in [5, 5.41) is 3.47. The van der Waals surface area contributed by atoms with Crippen molar-refractivity contribution in [3.05, 3.63) is 30.5 Å². The lowest BCUT2D eigenvalue weighted by molar-refractivity contribution is 0.0731. The molecular weight excluding hydrogens is 468 g/mol. The maximum absolute atomic E-state index is 11.8. The molecule has 1 aliphatic carbocycles. The van der Waals surface area contributed by atoms with E-state index in [2.05, 4.69) is 17.2 Å². The lowest BCUT2D eigenvalue weighted by atomic mass is 9.87. The lowest BCUT2D eigenvalue weighted by Crippen LogP contribution is -2.55. The number of nitrogens with zero attached hydrogens (tertiary/aromatic N) is 3. The highest BCUT2D eigenvalue weighted by molar-refractivity contribution is 7.88. The Hall–Kier alpha value is -2.43. The molecule has 35 heavy (non-hydrogen) atoms. The van der Waals surface area contributed by atoms with Gasteiger partial charge in [-0.2, -0.15) is 9.29 Å². The maximum atomic E-state index is 11.8. The van der Waals surface area contributed by atoms with E-state index in [1.54, 1.807) is 6.20 Å². The van der Waals surface area contributed by atoms with Crippen LogP contribution in [0.25, 0.3) is 11.1 Å². The zero-order valence-corrected chi connectivity index (χ0v) is 21.2. The average molecular weight is 503 g/mol. The van der Waals surface area contributed by atoms with Crippen LogP contribution in [0.4, 0.5) is 5.95 Å². The van der Waals surface area contributed by atoms with Crippen LogP contribution in [0.3, 0.4) is 0 Å². The van der Waals surface area contributed by atoms with Crippen LogP contribution in [0.2, 0.25) is 0 Å². The predicted molar refractivity (Wildman–Crippen MR) is 133 cm³/mol. The molecule has 1 atom stereocenters. The van der Waals surface area contributed by atoms with Gasteiger partial charge in [0, 0.05) is 18.7 Å². The number of hydrogen-bond donors (Lipinski definition) is 1.